The van der Waals surface area contributed by atoms with Crippen LogP contribution in [0.2, 0.25) is 0 Å². The molecule has 0 aliphatic heterocycles. The summed E-state index contributed by atoms with van der Waals surface area (Å²) in [6, 6.07) is 1.29. The first-order valence-corrected chi connectivity index (χ1v) is 7.92. The fraction of sp³-hybridized carbons (Fsp3) is 0.583. The van der Waals surface area contributed by atoms with Crippen molar-refractivity contribution >= 4 is 15.9 Å². The predicted molar refractivity (Wildman–Crippen MR) is 74.9 cm³/mol. The minimum absolute atomic E-state index is 0.0655. The van der Waals surface area contributed by atoms with E-state index in [2.05, 4.69) is 0 Å². The lowest BCUT2D eigenvalue weighted by molar-refractivity contribution is 0.0660. The van der Waals surface area contributed by atoms with Gasteiger partial charge >= 0.3 is 0 Å². The smallest absolute Gasteiger partial charge is 0.270 e. The average Bonchev–Trinajstić information content (AvgIpc) is 2.76. The monoisotopic (exact) mass is 303 g/mol. The Morgan fingerprint density at radius 2 is 2.10 bits per heavy atom. The molecule has 7 nitrogen and oxygen atoms in total. The van der Waals surface area contributed by atoms with Crippen molar-refractivity contribution in [2.24, 2.45) is 12.2 Å². The molecule has 0 fully saturated rings. The molecule has 0 unspecified atom stereocenters. The Hall–Kier alpha value is -1.38. The first kappa shape index (κ1) is 16.7. The molecule has 0 spiro atoms. The molecule has 2 N–H and O–H groups in total. The van der Waals surface area contributed by atoms with Gasteiger partial charge in [0.2, 0.25) is 10.0 Å². The number of nitrogens with two attached hydrogens (primary N) is 1. The van der Waals surface area contributed by atoms with Gasteiger partial charge in [-0.2, -0.15) is 0 Å². The number of rotatable bonds is 7. The molecule has 0 aromatic carbocycles. The van der Waals surface area contributed by atoms with Gasteiger partial charge in [-0.05, 0) is 19.9 Å². The van der Waals surface area contributed by atoms with Crippen LogP contribution in [0.25, 0.3) is 0 Å². The number of hydrogen-bond donors (Lipinski definition) is 1. The number of nitrogens with zero attached hydrogens (tertiary/aromatic N) is 2. The molecule has 1 aromatic heterocycles. The first-order valence-electron chi connectivity index (χ1n) is 6.37. The number of sulfonamides is 1. The number of aromatic nitrogens is 1. The average molecular weight is 303 g/mol. The van der Waals surface area contributed by atoms with E-state index in [9.17, 15) is 13.2 Å². The summed E-state index contributed by atoms with van der Waals surface area (Å²) in [7, 11) is -2.20. The zero-order valence-corrected chi connectivity index (χ0v) is 12.8. The number of aryl methyl sites for hydroxylation is 1. The van der Waals surface area contributed by atoms with E-state index in [-0.39, 0.29) is 16.5 Å². The summed E-state index contributed by atoms with van der Waals surface area (Å²) in [6.07, 6.45) is 1.33. The molecule has 0 saturated carbocycles. The molecule has 8 heteroatoms. The summed E-state index contributed by atoms with van der Waals surface area (Å²) in [6.45, 7) is 5.75. The van der Waals surface area contributed by atoms with E-state index in [1.54, 1.807) is 11.9 Å². The topological polar surface area (TPSA) is 94.6 Å². The highest BCUT2D eigenvalue weighted by Crippen LogP contribution is 2.13. The van der Waals surface area contributed by atoms with Crippen molar-refractivity contribution in [2.45, 2.75) is 18.7 Å². The predicted octanol–water partition coefficient (Wildman–Crippen LogP) is 0.171. The lowest BCUT2D eigenvalue weighted by Crippen LogP contribution is -2.34. The van der Waals surface area contributed by atoms with Gasteiger partial charge in [0.25, 0.3) is 5.91 Å². The van der Waals surface area contributed by atoms with E-state index in [1.165, 1.54) is 16.8 Å². The van der Waals surface area contributed by atoms with Crippen LogP contribution < -0.4 is 5.14 Å². The summed E-state index contributed by atoms with van der Waals surface area (Å²) in [4.78, 5) is 13.9. The molecule has 1 heterocycles. The van der Waals surface area contributed by atoms with Crippen molar-refractivity contribution < 1.29 is 17.9 Å². The second-order valence-electron chi connectivity index (χ2n) is 4.30. The van der Waals surface area contributed by atoms with Crippen LogP contribution in [0.1, 0.15) is 24.3 Å². The molecule has 0 saturated heterocycles. The van der Waals surface area contributed by atoms with Gasteiger partial charge in [0.05, 0.1) is 6.61 Å². The van der Waals surface area contributed by atoms with Gasteiger partial charge < -0.3 is 14.2 Å². The lowest BCUT2D eigenvalue weighted by Gasteiger charge is -2.20. The number of hydrogen-bond acceptors (Lipinski definition) is 4. The summed E-state index contributed by atoms with van der Waals surface area (Å²) >= 11 is 0. The largest absolute Gasteiger partial charge is 0.380 e. The maximum atomic E-state index is 12.3. The number of amides is 1. The third kappa shape index (κ3) is 4.06. The molecule has 1 aromatic rings. The standard InChI is InChI=1S/C12H21N3O4S/c1-4-15(6-7-19-5-2)12(16)11-8-10(9-14(11)3)20(13,17)18/h8-9H,4-7H2,1-3H3,(H2,13,17,18). The second kappa shape index (κ2) is 6.87. The van der Waals surface area contributed by atoms with Gasteiger partial charge in [-0.3, -0.25) is 4.79 Å². The van der Waals surface area contributed by atoms with Gasteiger partial charge in [-0.1, -0.05) is 0 Å². The van der Waals surface area contributed by atoms with Crippen molar-refractivity contribution in [3.8, 4) is 0 Å². The molecule has 0 atom stereocenters. The van der Waals surface area contributed by atoms with Crippen LogP contribution in [0, 0.1) is 0 Å². The zero-order chi connectivity index (χ0) is 15.3. The van der Waals surface area contributed by atoms with Crippen molar-refractivity contribution in [3.63, 3.8) is 0 Å². The fourth-order valence-corrected chi connectivity index (χ4v) is 2.37. The Morgan fingerprint density at radius 1 is 1.45 bits per heavy atom. The summed E-state index contributed by atoms with van der Waals surface area (Å²) in [5, 5.41) is 5.06. The highest BCUT2D eigenvalue weighted by molar-refractivity contribution is 7.89. The molecule has 0 aliphatic rings. The Balaban J connectivity index is 2.93. The summed E-state index contributed by atoms with van der Waals surface area (Å²) in [5.41, 5.74) is 0.285. The second-order valence-corrected chi connectivity index (χ2v) is 5.86. The van der Waals surface area contributed by atoms with Crippen LogP contribution in [0.3, 0.4) is 0 Å². The van der Waals surface area contributed by atoms with E-state index < -0.39 is 10.0 Å². The van der Waals surface area contributed by atoms with Gasteiger partial charge in [-0.15, -0.1) is 0 Å². The Labute approximate surface area is 119 Å². The van der Waals surface area contributed by atoms with Crippen LogP contribution in [0.15, 0.2) is 17.2 Å². The number of carbonyl (C=O) groups is 1. The van der Waals surface area contributed by atoms with Crippen LogP contribution >= 0.6 is 0 Å². The van der Waals surface area contributed by atoms with E-state index in [0.29, 0.717) is 26.3 Å². The van der Waals surface area contributed by atoms with Crippen LogP contribution in [-0.4, -0.2) is 50.1 Å². The van der Waals surface area contributed by atoms with E-state index >= 15 is 0 Å². The van der Waals surface area contributed by atoms with Gasteiger partial charge in [0.1, 0.15) is 10.6 Å². The SMILES string of the molecule is CCOCCN(CC)C(=O)c1cc(S(N)(=O)=O)cn1C. The van der Waals surface area contributed by atoms with Crippen LogP contribution in [0.4, 0.5) is 0 Å². The molecule has 114 valence electrons. The van der Waals surface area contributed by atoms with E-state index in [0.717, 1.165) is 0 Å². The summed E-state index contributed by atoms with van der Waals surface area (Å²) in [5.74, 6) is -0.246. The molecular formula is C12H21N3O4S. The van der Waals surface area contributed by atoms with Gasteiger partial charge in [-0.25, -0.2) is 13.6 Å². The number of primary sulfonamides is 1. The van der Waals surface area contributed by atoms with Crippen molar-refractivity contribution in [1.29, 1.82) is 0 Å². The Kier molecular flexibility index (Phi) is 5.73. The first-order chi connectivity index (χ1) is 9.31. The van der Waals surface area contributed by atoms with Crippen LogP contribution in [0.5, 0.6) is 0 Å². The third-order valence-electron chi connectivity index (χ3n) is 2.91. The van der Waals surface area contributed by atoms with Crippen molar-refractivity contribution in [3.05, 3.63) is 18.0 Å². The van der Waals surface area contributed by atoms with Gasteiger partial charge in [0.15, 0.2) is 0 Å². The minimum atomic E-state index is -3.81. The van der Waals surface area contributed by atoms with E-state index in [4.69, 9.17) is 9.88 Å². The van der Waals surface area contributed by atoms with Crippen molar-refractivity contribution in [2.75, 3.05) is 26.3 Å². The zero-order valence-electron chi connectivity index (χ0n) is 12.0. The summed E-state index contributed by atoms with van der Waals surface area (Å²) < 4.78 is 29.3. The highest BCUT2D eigenvalue weighted by atomic mass is 32.2. The fourth-order valence-electron chi connectivity index (χ4n) is 1.79. The number of carbonyl (C=O) groups excluding carboxylic acids is 1. The molecular weight excluding hydrogens is 282 g/mol. The van der Waals surface area contributed by atoms with Crippen LogP contribution in [-0.2, 0) is 21.8 Å². The highest BCUT2D eigenvalue weighted by Gasteiger charge is 2.21. The maximum Gasteiger partial charge on any atom is 0.270 e. The van der Waals surface area contributed by atoms with Gasteiger partial charge in [0, 0.05) is 32.9 Å². The lowest BCUT2D eigenvalue weighted by atomic mass is 10.3. The van der Waals surface area contributed by atoms with E-state index in [1.807, 2.05) is 13.8 Å². The molecule has 1 rings (SSSR count). The molecule has 0 aliphatic carbocycles. The Morgan fingerprint density at radius 3 is 2.55 bits per heavy atom. The molecule has 0 bridgehead atoms. The normalized spacial score (nSPS) is 11.6. The maximum absolute atomic E-state index is 12.3. The molecule has 0 radical (unpaired) electrons. The quantitative estimate of drug-likeness (QED) is 0.726. The number of ether oxygens (including phenoxy) is 1. The number of likely N-dealkylation sites (N-methyl/N-ethyl adjacent to an activating group) is 1. The molecule has 20 heavy (non-hydrogen) atoms. The third-order valence-corrected chi connectivity index (χ3v) is 3.79. The Bertz CT molecular complexity index is 565. The van der Waals surface area contributed by atoms with Crippen molar-refractivity contribution in [1.82, 2.24) is 9.47 Å². The minimum Gasteiger partial charge on any atom is -0.380 e. The molecule has 1 amide bonds.